The van der Waals surface area contributed by atoms with Gasteiger partial charge in [0, 0.05) is 16.8 Å². The largest absolute Gasteiger partial charge is 0.390 e. The lowest BCUT2D eigenvalue weighted by atomic mass is 10.0. The van der Waals surface area contributed by atoms with Crippen LogP contribution < -0.4 is 11.1 Å². The molecule has 0 saturated heterocycles. The molecule has 0 bridgehead atoms. The summed E-state index contributed by atoms with van der Waals surface area (Å²) in [5.74, 6) is -0.245. The molecule has 152 valence electrons. The van der Waals surface area contributed by atoms with Crippen molar-refractivity contribution >= 4 is 47.5 Å². The molecule has 3 N–H and O–H groups in total. The van der Waals surface area contributed by atoms with Crippen LogP contribution in [0.25, 0.3) is 0 Å². The fourth-order valence-electron chi connectivity index (χ4n) is 2.83. The number of halogens is 2. The molecule has 1 heterocycles. The third-order valence-electron chi connectivity index (χ3n) is 4.33. The van der Waals surface area contributed by atoms with Gasteiger partial charge in [0.15, 0.2) is 0 Å². The first kappa shape index (κ1) is 21.5. The van der Waals surface area contributed by atoms with Gasteiger partial charge in [-0.25, -0.2) is 9.98 Å². The minimum Gasteiger partial charge on any atom is -0.390 e. The van der Waals surface area contributed by atoms with Gasteiger partial charge in [-0.15, -0.1) is 0 Å². The molecule has 0 aliphatic heterocycles. The highest BCUT2D eigenvalue weighted by atomic mass is 35.5. The van der Waals surface area contributed by atoms with Crippen LogP contribution in [0.3, 0.4) is 0 Å². The van der Waals surface area contributed by atoms with Crippen molar-refractivity contribution < 1.29 is 4.79 Å². The fourth-order valence-corrected chi connectivity index (χ4v) is 3.07. The highest BCUT2D eigenvalue weighted by Gasteiger charge is 2.19. The van der Waals surface area contributed by atoms with Gasteiger partial charge in [-0.2, -0.15) is 0 Å². The van der Waals surface area contributed by atoms with E-state index in [1.54, 1.807) is 48.7 Å². The van der Waals surface area contributed by atoms with Crippen LogP contribution >= 0.6 is 23.2 Å². The molecular weight excluding hydrogens is 421 g/mol. The molecule has 1 atom stereocenters. The van der Waals surface area contributed by atoms with E-state index in [-0.39, 0.29) is 5.91 Å². The topological polar surface area (TPSA) is 92.7 Å². The first-order valence-electron chi connectivity index (χ1n) is 9.02. The molecule has 2 aromatic carbocycles. The van der Waals surface area contributed by atoms with Crippen LogP contribution in [0.2, 0.25) is 10.0 Å². The summed E-state index contributed by atoms with van der Waals surface area (Å²) in [6.07, 6.45) is 4.06. The summed E-state index contributed by atoms with van der Waals surface area (Å²) in [4.78, 5) is 25.3. The Morgan fingerprint density at radius 3 is 2.47 bits per heavy atom. The van der Waals surface area contributed by atoms with E-state index in [0.717, 1.165) is 17.5 Å². The fraction of sp³-hybridized carbons (Fsp3) is 0.0909. The van der Waals surface area contributed by atoms with Gasteiger partial charge >= 0.3 is 0 Å². The van der Waals surface area contributed by atoms with Gasteiger partial charge in [0.1, 0.15) is 6.34 Å². The van der Waals surface area contributed by atoms with E-state index in [4.69, 9.17) is 28.9 Å². The van der Waals surface area contributed by atoms with Gasteiger partial charge in [0.05, 0.1) is 28.8 Å². The molecule has 0 aliphatic rings. The number of hydrogen-bond acceptors (Lipinski definition) is 3. The molecule has 8 heteroatoms. The zero-order valence-electron chi connectivity index (χ0n) is 16.1. The Hall–Kier alpha value is -3.22. The van der Waals surface area contributed by atoms with Crippen molar-refractivity contribution in [2.75, 3.05) is 0 Å². The first-order chi connectivity index (χ1) is 14.5. The van der Waals surface area contributed by atoms with Gasteiger partial charge in [-0.3, -0.25) is 9.78 Å². The lowest BCUT2D eigenvalue weighted by Gasteiger charge is -2.19. The van der Waals surface area contributed by atoms with Crippen molar-refractivity contribution in [1.82, 2.24) is 10.3 Å². The van der Waals surface area contributed by atoms with E-state index in [2.05, 4.69) is 20.3 Å². The molecule has 1 amide bonds. The van der Waals surface area contributed by atoms with E-state index < -0.39 is 6.04 Å². The Labute approximate surface area is 184 Å². The number of nitrogens with zero attached hydrogens (tertiary/aromatic N) is 3. The number of nitrogens with one attached hydrogen (secondary N) is 1. The van der Waals surface area contributed by atoms with Crippen molar-refractivity contribution in [2.24, 2.45) is 15.7 Å². The summed E-state index contributed by atoms with van der Waals surface area (Å²) < 4.78 is 0. The van der Waals surface area contributed by atoms with Crippen LogP contribution in [0.15, 0.2) is 70.8 Å². The van der Waals surface area contributed by atoms with Crippen LogP contribution in [0.5, 0.6) is 0 Å². The second-order valence-electron chi connectivity index (χ2n) is 6.40. The zero-order valence-corrected chi connectivity index (χ0v) is 17.6. The number of aromatic nitrogens is 1. The van der Waals surface area contributed by atoms with Gasteiger partial charge in [-0.05, 0) is 60.5 Å². The van der Waals surface area contributed by atoms with E-state index in [9.17, 15) is 4.79 Å². The Kier molecular flexibility index (Phi) is 7.17. The quantitative estimate of drug-likeness (QED) is 0.423. The predicted octanol–water partition coefficient (Wildman–Crippen LogP) is 4.86. The summed E-state index contributed by atoms with van der Waals surface area (Å²) in [5.41, 5.74) is 8.74. The van der Waals surface area contributed by atoms with Crippen molar-refractivity contribution in [3.63, 3.8) is 0 Å². The second kappa shape index (κ2) is 10.0. The SMILES string of the molecule is Cc1cc(C(=O)N[C@@H](c2ccc(Cl)cc2)c2ccc(Cl)cn2)ccc1N=CN=CN. The molecule has 6 nitrogen and oxygen atoms in total. The van der Waals surface area contributed by atoms with Crippen molar-refractivity contribution in [3.05, 3.63) is 93.2 Å². The summed E-state index contributed by atoms with van der Waals surface area (Å²) in [7, 11) is 0. The van der Waals surface area contributed by atoms with Gasteiger partial charge < -0.3 is 11.1 Å². The van der Waals surface area contributed by atoms with E-state index in [0.29, 0.717) is 27.0 Å². The summed E-state index contributed by atoms with van der Waals surface area (Å²) in [6, 6.07) is 15.5. The Balaban J connectivity index is 1.88. The Morgan fingerprint density at radius 2 is 1.83 bits per heavy atom. The maximum atomic E-state index is 13.0. The molecule has 1 aromatic heterocycles. The molecule has 0 saturated carbocycles. The smallest absolute Gasteiger partial charge is 0.252 e. The monoisotopic (exact) mass is 439 g/mol. The van der Waals surface area contributed by atoms with Crippen LogP contribution in [0.4, 0.5) is 5.69 Å². The van der Waals surface area contributed by atoms with Gasteiger partial charge in [0.2, 0.25) is 0 Å². The van der Waals surface area contributed by atoms with E-state index >= 15 is 0 Å². The lowest BCUT2D eigenvalue weighted by Crippen LogP contribution is -2.30. The second-order valence-corrected chi connectivity index (χ2v) is 7.28. The number of carbonyl (C=O) groups is 1. The number of rotatable bonds is 6. The minimum absolute atomic E-state index is 0.245. The molecule has 30 heavy (non-hydrogen) atoms. The lowest BCUT2D eigenvalue weighted by molar-refractivity contribution is 0.0942. The van der Waals surface area contributed by atoms with Crippen LogP contribution in [0, 0.1) is 6.92 Å². The highest BCUT2D eigenvalue weighted by molar-refractivity contribution is 6.30. The van der Waals surface area contributed by atoms with E-state index in [1.165, 1.54) is 6.34 Å². The summed E-state index contributed by atoms with van der Waals surface area (Å²) >= 11 is 12.0. The highest BCUT2D eigenvalue weighted by Crippen LogP contribution is 2.25. The molecule has 0 spiro atoms. The maximum absolute atomic E-state index is 13.0. The molecule has 0 fully saturated rings. The molecule has 0 radical (unpaired) electrons. The number of hydrogen-bond donors (Lipinski definition) is 2. The van der Waals surface area contributed by atoms with Crippen LogP contribution in [-0.2, 0) is 0 Å². The van der Waals surface area contributed by atoms with Crippen molar-refractivity contribution in [1.29, 1.82) is 0 Å². The maximum Gasteiger partial charge on any atom is 0.252 e. The van der Waals surface area contributed by atoms with Crippen molar-refractivity contribution in [2.45, 2.75) is 13.0 Å². The first-order valence-corrected chi connectivity index (χ1v) is 9.78. The molecule has 3 rings (SSSR count). The van der Waals surface area contributed by atoms with Crippen LogP contribution in [-0.4, -0.2) is 23.6 Å². The van der Waals surface area contributed by atoms with Crippen LogP contribution in [0.1, 0.15) is 33.2 Å². The number of aliphatic imine (C=N–C) groups is 2. The molecule has 3 aromatic rings. The predicted molar refractivity (Wildman–Crippen MR) is 122 cm³/mol. The van der Waals surface area contributed by atoms with Crippen molar-refractivity contribution in [3.8, 4) is 0 Å². The summed E-state index contributed by atoms with van der Waals surface area (Å²) in [5, 5.41) is 4.17. The average molecular weight is 440 g/mol. The van der Waals surface area contributed by atoms with E-state index in [1.807, 2.05) is 19.1 Å². The summed E-state index contributed by atoms with van der Waals surface area (Å²) in [6.45, 7) is 1.87. The number of benzene rings is 2. The number of nitrogens with two attached hydrogens (primary N) is 1. The third-order valence-corrected chi connectivity index (χ3v) is 4.81. The van der Waals surface area contributed by atoms with Gasteiger partial charge in [-0.1, -0.05) is 35.3 Å². The molecule has 0 unspecified atom stereocenters. The zero-order chi connectivity index (χ0) is 21.5. The standard InChI is InChI=1S/C22H19Cl2N5O/c1-14-10-16(4-8-19(14)28-13-26-12-25)22(30)29-21(15-2-5-17(23)6-3-15)20-9-7-18(24)11-27-20/h2-13,21H,1H3,(H,29,30)(H2,25,26,28)/t21-/m0/s1. The molecule has 0 aliphatic carbocycles. The normalized spacial score (nSPS) is 12.4. The van der Waals surface area contributed by atoms with Gasteiger partial charge in [0.25, 0.3) is 5.91 Å². The number of amides is 1. The minimum atomic E-state index is -0.469. The number of pyridine rings is 1. The number of carbonyl (C=O) groups excluding carboxylic acids is 1. The Morgan fingerprint density at radius 1 is 1.10 bits per heavy atom. The third kappa shape index (κ3) is 5.43. The Bertz CT molecular complexity index is 1030. The average Bonchev–Trinajstić information content (AvgIpc) is 2.74. The molecular formula is C22H19Cl2N5O. The number of aryl methyl sites for hydroxylation is 1.